The fraction of sp³-hybridized carbons (Fsp3) is 0.611. The van der Waals surface area contributed by atoms with E-state index in [1.807, 2.05) is 19.1 Å². The first-order valence-electron chi connectivity index (χ1n) is 8.21. The Bertz CT molecular complexity index is 414. The zero-order chi connectivity index (χ0) is 15.7. The second kappa shape index (κ2) is 9.43. The highest BCUT2D eigenvalue weighted by molar-refractivity contribution is 5.78. The van der Waals surface area contributed by atoms with E-state index in [1.165, 1.54) is 12.8 Å². The Hall–Kier alpha value is -1.51. The van der Waals surface area contributed by atoms with Crippen LogP contribution in [0, 0.1) is 5.92 Å². The van der Waals surface area contributed by atoms with Crippen LogP contribution in [0.3, 0.4) is 0 Å². The Kier molecular flexibility index (Phi) is 7.88. The molecule has 3 nitrogen and oxygen atoms in total. The normalized spacial score (nSPS) is 13.5. The highest BCUT2D eigenvalue weighted by atomic mass is 16.1. The Labute approximate surface area is 129 Å². The summed E-state index contributed by atoms with van der Waals surface area (Å²) in [5.74, 6) is 0.834. The standard InChI is InChI=1S/C18H30N2O/c1-5-14(4)12-16(6-2)20-17-10-8-15(9-11-17)13-18(21)19-7-3/h8-11,14,16,20H,5-7,12-13H2,1-4H3,(H,19,21). The summed E-state index contributed by atoms with van der Waals surface area (Å²) in [7, 11) is 0. The highest BCUT2D eigenvalue weighted by Gasteiger charge is 2.10. The quantitative estimate of drug-likeness (QED) is 0.722. The van der Waals surface area contributed by atoms with Crippen molar-refractivity contribution < 1.29 is 4.79 Å². The van der Waals surface area contributed by atoms with E-state index in [0.717, 1.165) is 23.6 Å². The van der Waals surface area contributed by atoms with Crippen molar-refractivity contribution in [3.05, 3.63) is 29.8 Å². The molecule has 118 valence electrons. The number of nitrogens with one attached hydrogen (secondary N) is 2. The van der Waals surface area contributed by atoms with E-state index >= 15 is 0 Å². The molecule has 21 heavy (non-hydrogen) atoms. The predicted molar refractivity (Wildman–Crippen MR) is 90.6 cm³/mol. The van der Waals surface area contributed by atoms with Gasteiger partial charge in [-0.15, -0.1) is 0 Å². The van der Waals surface area contributed by atoms with Gasteiger partial charge in [0.25, 0.3) is 0 Å². The van der Waals surface area contributed by atoms with Gasteiger partial charge in [-0.1, -0.05) is 39.3 Å². The number of carbonyl (C=O) groups excluding carboxylic acids is 1. The van der Waals surface area contributed by atoms with Crippen molar-refractivity contribution in [2.45, 2.75) is 59.4 Å². The summed E-state index contributed by atoms with van der Waals surface area (Å²) in [6.07, 6.45) is 4.01. The van der Waals surface area contributed by atoms with Gasteiger partial charge in [-0.3, -0.25) is 4.79 Å². The molecule has 2 atom stereocenters. The number of hydrogen-bond acceptors (Lipinski definition) is 2. The monoisotopic (exact) mass is 290 g/mol. The lowest BCUT2D eigenvalue weighted by atomic mass is 9.97. The smallest absolute Gasteiger partial charge is 0.224 e. The number of likely N-dealkylation sites (N-methyl/N-ethyl adjacent to an activating group) is 1. The van der Waals surface area contributed by atoms with Crippen molar-refractivity contribution in [2.24, 2.45) is 5.92 Å². The van der Waals surface area contributed by atoms with Crippen molar-refractivity contribution in [2.75, 3.05) is 11.9 Å². The minimum absolute atomic E-state index is 0.0846. The number of benzene rings is 1. The van der Waals surface area contributed by atoms with Crippen LogP contribution in [0.2, 0.25) is 0 Å². The first-order valence-corrected chi connectivity index (χ1v) is 8.21. The van der Waals surface area contributed by atoms with Gasteiger partial charge < -0.3 is 10.6 Å². The predicted octanol–water partition coefficient (Wildman–Crippen LogP) is 3.99. The molecule has 0 bridgehead atoms. The van der Waals surface area contributed by atoms with Crippen LogP contribution in [-0.2, 0) is 11.2 Å². The molecule has 0 saturated carbocycles. The first kappa shape index (κ1) is 17.5. The van der Waals surface area contributed by atoms with E-state index in [-0.39, 0.29) is 5.91 Å². The van der Waals surface area contributed by atoms with Crippen molar-refractivity contribution in [3.8, 4) is 0 Å². The topological polar surface area (TPSA) is 41.1 Å². The molecule has 1 rings (SSSR count). The van der Waals surface area contributed by atoms with Gasteiger partial charge >= 0.3 is 0 Å². The molecular formula is C18H30N2O. The summed E-state index contributed by atoms with van der Waals surface area (Å²) in [4.78, 5) is 11.5. The average Bonchev–Trinajstić information content (AvgIpc) is 2.48. The van der Waals surface area contributed by atoms with E-state index in [2.05, 4.69) is 43.5 Å². The maximum absolute atomic E-state index is 11.5. The van der Waals surface area contributed by atoms with Crippen molar-refractivity contribution in [1.29, 1.82) is 0 Å². The Morgan fingerprint density at radius 2 is 1.76 bits per heavy atom. The summed E-state index contributed by atoms with van der Waals surface area (Å²) in [6.45, 7) is 9.40. The third-order valence-corrected chi connectivity index (χ3v) is 3.94. The summed E-state index contributed by atoms with van der Waals surface area (Å²) >= 11 is 0. The number of rotatable bonds is 9. The van der Waals surface area contributed by atoms with Gasteiger partial charge in [0.05, 0.1) is 6.42 Å². The molecular weight excluding hydrogens is 260 g/mol. The van der Waals surface area contributed by atoms with E-state index in [9.17, 15) is 4.79 Å². The fourth-order valence-electron chi connectivity index (χ4n) is 2.38. The molecule has 2 N–H and O–H groups in total. The highest BCUT2D eigenvalue weighted by Crippen LogP contribution is 2.18. The minimum Gasteiger partial charge on any atom is -0.382 e. The molecule has 1 aromatic carbocycles. The second-order valence-corrected chi connectivity index (χ2v) is 5.83. The molecule has 1 amide bonds. The van der Waals surface area contributed by atoms with Crippen LogP contribution in [0.15, 0.2) is 24.3 Å². The fourth-order valence-corrected chi connectivity index (χ4v) is 2.38. The Balaban J connectivity index is 2.54. The molecule has 1 aromatic rings. The molecule has 0 aliphatic rings. The maximum Gasteiger partial charge on any atom is 0.224 e. The number of carbonyl (C=O) groups is 1. The van der Waals surface area contributed by atoms with Crippen LogP contribution in [0.25, 0.3) is 0 Å². The summed E-state index contributed by atoms with van der Waals surface area (Å²) in [5.41, 5.74) is 2.20. The molecule has 0 aliphatic carbocycles. The Morgan fingerprint density at radius 1 is 1.10 bits per heavy atom. The van der Waals surface area contributed by atoms with E-state index < -0.39 is 0 Å². The lowest BCUT2D eigenvalue weighted by Gasteiger charge is -2.21. The molecule has 0 fully saturated rings. The lowest BCUT2D eigenvalue weighted by molar-refractivity contribution is -0.120. The SMILES string of the molecule is CCNC(=O)Cc1ccc(NC(CC)CC(C)CC)cc1. The van der Waals surface area contributed by atoms with Crippen molar-refractivity contribution in [3.63, 3.8) is 0 Å². The third kappa shape index (κ3) is 6.65. The maximum atomic E-state index is 11.5. The van der Waals surface area contributed by atoms with E-state index in [1.54, 1.807) is 0 Å². The molecule has 2 unspecified atom stereocenters. The van der Waals surface area contributed by atoms with Crippen LogP contribution >= 0.6 is 0 Å². The third-order valence-electron chi connectivity index (χ3n) is 3.94. The molecule has 0 heterocycles. The largest absolute Gasteiger partial charge is 0.382 e. The van der Waals surface area contributed by atoms with E-state index in [4.69, 9.17) is 0 Å². The lowest BCUT2D eigenvalue weighted by Crippen LogP contribution is -2.24. The van der Waals surface area contributed by atoms with Crippen LogP contribution in [0.5, 0.6) is 0 Å². The molecule has 3 heteroatoms. The first-order chi connectivity index (χ1) is 10.1. The molecule has 0 aliphatic heterocycles. The average molecular weight is 290 g/mol. The van der Waals surface area contributed by atoms with Gasteiger partial charge in [0.2, 0.25) is 5.91 Å². The molecule has 0 saturated heterocycles. The van der Waals surface area contributed by atoms with Gasteiger partial charge in [0.1, 0.15) is 0 Å². The van der Waals surface area contributed by atoms with Crippen LogP contribution in [-0.4, -0.2) is 18.5 Å². The summed E-state index contributed by atoms with van der Waals surface area (Å²) in [5, 5.41) is 6.42. The van der Waals surface area contributed by atoms with Crippen LogP contribution in [0.4, 0.5) is 5.69 Å². The Morgan fingerprint density at radius 3 is 2.29 bits per heavy atom. The zero-order valence-electron chi connectivity index (χ0n) is 13.9. The second-order valence-electron chi connectivity index (χ2n) is 5.83. The van der Waals surface area contributed by atoms with Gasteiger partial charge in [-0.05, 0) is 43.4 Å². The molecule has 0 aromatic heterocycles. The summed E-state index contributed by atoms with van der Waals surface area (Å²) in [6, 6.07) is 8.75. The van der Waals surface area contributed by atoms with E-state index in [0.29, 0.717) is 19.0 Å². The van der Waals surface area contributed by atoms with Gasteiger partial charge in [-0.2, -0.15) is 0 Å². The summed E-state index contributed by atoms with van der Waals surface area (Å²) < 4.78 is 0. The van der Waals surface area contributed by atoms with Crippen LogP contribution < -0.4 is 10.6 Å². The minimum atomic E-state index is 0.0846. The number of amides is 1. The molecule has 0 radical (unpaired) electrons. The van der Waals surface area contributed by atoms with Crippen LogP contribution in [0.1, 0.15) is 52.5 Å². The van der Waals surface area contributed by atoms with Crippen molar-refractivity contribution in [1.82, 2.24) is 5.32 Å². The van der Waals surface area contributed by atoms with Gasteiger partial charge in [0.15, 0.2) is 0 Å². The van der Waals surface area contributed by atoms with Gasteiger partial charge in [-0.25, -0.2) is 0 Å². The number of anilines is 1. The van der Waals surface area contributed by atoms with Crippen molar-refractivity contribution >= 4 is 11.6 Å². The number of hydrogen-bond donors (Lipinski definition) is 2. The van der Waals surface area contributed by atoms with Gasteiger partial charge in [0, 0.05) is 18.3 Å². The molecule has 0 spiro atoms. The zero-order valence-corrected chi connectivity index (χ0v) is 13.9.